The van der Waals surface area contributed by atoms with Gasteiger partial charge in [-0.1, -0.05) is 30.3 Å². The van der Waals surface area contributed by atoms with Gasteiger partial charge in [-0.3, -0.25) is 14.8 Å². The monoisotopic (exact) mass is 401 g/mol. The van der Waals surface area contributed by atoms with Crippen LogP contribution in [0.15, 0.2) is 66.9 Å². The van der Waals surface area contributed by atoms with Crippen molar-refractivity contribution in [3.63, 3.8) is 0 Å². The summed E-state index contributed by atoms with van der Waals surface area (Å²) < 4.78 is 5.47. The van der Waals surface area contributed by atoms with Crippen LogP contribution in [0.25, 0.3) is 0 Å². The van der Waals surface area contributed by atoms with Gasteiger partial charge < -0.3 is 9.64 Å². The van der Waals surface area contributed by atoms with Gasteiger partial charge in [0.2, 0.25) is 5.91 Å². The Hall–Kier alpha value is -3.21. The van der Waals surface area contributed by atoms with Gasteiger partial charge in [0.05, 0.1) is 13.5 Å². The lowest BCUT2D eigenvalue weighted by Gasteiger charge is -2.32. The molecule has 0 bridgehead atoms. The molecule has 0 aliphatic carbocycles. The molecule has 1 saturated heterocycles. The molecule has 3 aromatic rings. The number of aromatic nitrogens is 2. The van der Waals surface area contributed by atoms with Crippen LogP contribution >= 0.6 is 0 Å². The number of methoxy groups -OCH3 is 1. The van der Waals surface area contributed by atoms with Crippen LogP contribution in [0.5, 0.6) is 5.75 Å². The van der Waals surface area contributed by atoms with Gasteiger partial charge in [0.1, 0.15) is 5.75 Å². The van der Waals surface area contributed by atoms with E-state index in [4.69, 9.17) is 9.72 Å². The van der Waals surface area contributed by atoms with E-state index in [-0.39, 0.29) is 5.91 Å². The lowest BCUT2D eigenvalue weighted by molar-refractivity contribution is -0.131. The summed E-state index contributed by atoms with van der Waals surface area (Å²) in [6.07, 6.45) is 4.74. The Balaban J connectivity index is 1.37. The van der Waals surface area contributed by atoms with Gasteiger partial charge in [-0.2, -0.15) is 0 Å². The van der Waals surface area contributed by atoms with Crippen LogP contribution in [0.1, 0.15) is 41.4 Å². The van der Waals surface area contributed by atoms with Gasteiger partial charge in [-0.15, -0.1) is 0 Å². The zero-order valence-corrected chi connectivity index (χ0v) is 17.3. The van der Waals surface area contributed by atoms with E-state index in [0.29, 0.717) is 12.3 Å². The fourth-order valence-electron chi connectivity index (χ4n) is 4.06. The van der Waals surface area contributed by atoms with E-state index in [0.717, 1.165) is 60.7 Å². The summed E-state index contributed by atoms with van der Waals surface area (Å²) in [5.74, 6) is 1.44. The number of hydrogen-bond acceptors (Lipinski definition) is 4. The van der Waals surface area contributed by atoms with Crippen molar-refractivity contribution in [2.45, 2.75) is 31.6 Å². The van der Waals surface area contributed by atoms with Crippen molar-refractivity contribution >= 4 is 5.91 Å². The van der Waals surface area contributed by atoms with Gasteiger partial charge in [-0.25, -0.2) is 0 Å². The minimum Gasteiger partial charge on any atom is -0.496 e. The number of nitrogens with zero attached hydrogens (tertiary/aromatic N) is 3. The molecule has 0 spiro atoms. The normalized spacial score (nSPS) is 14.5. The molecule has 1 aromatic carbocycles. The third-order valence-electron chi connectivity index (χ3n) is 5.72. The zero-order valence-electron chi connectivity index (χ0n) is 17.3. The molecule has 0 radical (unpaired) electrons. The second-order valence-corrected chi connectivity index (χ2v) is 7.70. The first-order chi connectivity index (χ1) is 14.7. The van der Waals surface area contributed by atoms with E-state index in [2.05, 4.69) is 29.2 Å². The Morgan fingerprint density at radius 1 is 1.00 bits per heavy atom. The van der Waals surface area contributed by atoms with Crippen LogP contribution in [0.2, 0.25) is 0 Å². The molecular formula is C25H27N3O2. The molecule has 30 heavy (non-hydrogen) atoms. The van der Waals surface area contributed by atoms with Gasteiger partial charge >= 0.3 is 0 Å². The maximum absolute atomic E-state index is 12.6. The first-order valence-electron chi connectivity index (χ1n) is 10.5. The molecule has 1 fully saturated rings. The molecule has 0 atom stereocenters. The van der Waals surface area contributed by atoms with Crippen molar-refractivity contribution in [2.24, 2.45) is 0 Å². The molecule has 5 nitrogen and oxygen atoms in total. The van der Waals surface area contributed by atoms with Crippen LogP contribution in [0.4, 0.5) is 0 Å². The number of rotatable bonds is 6. The molecule has 3 heterocycles. The standard InChI is InChI=1S/C25H27N3O2/c1-30-24-11-3-2-7-20(24)17-22-9-6-10-23(27-22)19-12-15-28(16-13-19)25(29)18-21-8-4-5-14-26-21/h2-11,14,19H,12-13,15-18H2,1H3. The van der Waals surface area contributed by atoms with Crippen LogP contribution in [0.3, 0.4) is 0 Å². The summed E-state index contributed by atoms with van der Waals surface area (Å²) >= 11 is 0. The molecule has 0 N–H and O–H groups in total. The Bertz CT molecular complexity index is 982. The predicted octanol–water partition coefficient (Wildman–Crippen LogP) is 4.02. The van der Waals surface area contributed by atoms with Crippen LogP contribution in [0, 0.1) is 0 Å². The zero-order chi connectivity index (χ0) is 20.8. The number of para-hydroxylation sites is 1. The summed E-state index contributed by atoms with van der Waals surface area (Å²) in [5.41, 5.74) is 4.14. The van der Waals surface area contributed by atoms with Crippen molar-refractivity contribution in [2.75, 3.05) is 20.2 Å². The number of likely N-dealkylation sites (tertiary alicyclic amines) is 1. The SMILES string of the molecule is COc1ccccc1Cc1cccc(C2CCN(C(=O)Cc3ccccn3)CC2)n1. The van der Waals surface area contributed by atoms with E-state index in [1.807, 2.05) is 41.3 Å². The van der Waals surface area contributed by atoms with Crippen molar-refractivity contribution in [3.8, 4) is 5.75 Å². The minimum atomic E-state index is 0.157. The number of piperidine rings is 1. The molecule has 1 aliphatic rings. The number of carbonyl (C=O) groups excluding carboxylic acids is 1. The van der Waals surface area contributed by atoms with E-state index in [1.54, 1.807) is 13.3 Å². The maximum atomic E-state index is 12.6. The number of ether oxygens (including phenoxy) is 1. The Kier molecular flexibility index (Phi) is 6.38. The summed E-state index contributed by atoms with van der Waals surface area (Å²) in [6, 6.07) is 20.0. The van der Waals surface area contributed by atoms with Gasteiger partial charge in [-0.05, 0) is 43.2 Å². The largest absolute Gasteiger partial charge is 0.496 e. The van der Waals surface area contributed by atoms with Crippen LogP contribution < -0.4 is 4.74 Å². The highest BCUT2D eigenvalue weighted by atomic mass is 16.5. The van der Waals surface area contributed by atoms with Gasteiger partial charge in [0.15, 0.2) is 0 Å². The molecule has 5 heteroatoms. The molecule has 154 valence electrons. The summed E-state index contributed by atoms with van der Waals surface area (Å²) in [5, 5.41) is 0. The molecule has 0 saturated carbocycles. The summed E-state index contributed by atoms with van der Waals surface area (Å²) in [7, 11) is 1.70. The molecule has 2 aromatic heterocycles. The summed E-state index contributed by atoms with van der Waals surface area (Å²) in [4.78, 5) is 23.8. The first kappa shape index (κ1) is 20.1. The van der Waals surface area contributed by atoms with Gasteiger partial charge in [0.25, 0.3) is 0 Å². The highest BCUT2D eigenvalue weighted by Crippen LogP contribution is 2.28. The first-order valence-corrected chi connectivity index (χ1v) is 10.5. The Labute approximate surface area is 177 Å². The lowest BCUT2D eigenvalue weighted by Crippen LogP contribution is -2.39. The quantitative estimate of drug-likeness (QED) is 0.626. The van der Waals surface area contributed by atoms with E-state index >= 15 is 0 Å². The molecular weight excluding hydrogens is 374 g/mol. The molecule has 1 aliphatic heterocycles. The fourth-order valence-corrected chi connectivity index (χ4v) is 4.06. The lowest BCUT2D eigenvalue weighted by atomic mass is 9.92. The minimum absolute atomic E-state index is 0.157. The second kappa shape index (κ2) is 9.53. The Morgan fingerprint density at radius 2 is 1.77 bits per heavy atom. The topological polar surface area (TPSA) is 55.3 Å². The highest BCUT2D eigenvalue weighted by molar-refractivity contribution is 5.78. The van der Waals surface area contributed by atoms with Crippen molar-refractivity contribution in [3.05, 3.63) is 89.5 Å². The van der Waals surface area contributed by atoms with E-state index in [1.165, 1.54) is 0 Å². The number of pyridine rings is 2. The average Bonchev–Trinajstić information content (AvgIpc) is 2.80. The van der Waals surface area contributed by atoms with Gasteiger partial charge in [0, 0.05) is 54.3 Å². The summed E-state index contributed by atoms with van der Waals surface area (Å²) in [6.45, 7) is 1.55. The van der Waals surface area contributed by atoms with Crippen molar-refractivity contribution < 1.29 is 9.53 Å². The number of hydrogen-bond donors (Lipinski definition) is 0. The van der Waals surface area contributed by atoms with Crippen molar-refractivity contribution in [1.29, 1.82) is 0 Å². The van der Waals surface area contributed by atoms with Crippen molar-refractivity contribution in [1.82, 2.24) is 14.9 Å². The fraction of sp³-hybridized carbons (Fsp3) is 0.320. The van der Waals surface area contributed by atoms with Crippen LogP contribution in [-0.2, 0) is 17.6 Å². The molecule has 1 amide bonds. The molecule has 4 rings (SSSR count). The maximum Gasteiger partial charge on any atom is 0.228 e. The third-order valence-corrected chi connectivity index (χ3v) is 5.72. The van der Waals surface area contributed by atoms with E-state index in [9.17, 15) is 4.79 Å². The number of amides is 1. The smallest absolute Gasteiger partial charge is 0.228 e. The number of carbonyl (C=O) groups is 1. The van der Waals surface area contributed by atoms with E-state index < -0.39 is 0 Å². The number of benzene rings is 1. The van der Waals surface area contributed by atoms with Crippen LogP contribution in [-0.4, -0.2) is 41.0 Å². The highest BCUT2D eigenvalue weighted by Gasteiger charge is 2.25. The average molecular weight is 402 g/mol. The Morgan fingerprint density at radius 3 is 2.53 bits per heavy atom. The predicted molar refractivity (Wildman–Crippen MR) is 117 cm³/mol. The molecule has 0 unspecified atom stereocenters. The second-order valence-electron chi connectivity index (χ2n) is 7.70. The third kappa shape index (κ3) is 4.85.